The second-order valence-corrected chi connectivity index (χ2v) is 5.46. The van der Waals surface area contributed by atoms with Crippen LogP contribution in [0.25, 0.3) is 0 Å². The summed E-state index contributed by atoms with van der Waals surface area (Å²) in [4.78, 5) is 2.13. The van der Waals surface area contributed by atoms with Crippen molar-refractivity contribution in [3.05, 3.63) is 5.82 Å². The van der Waals surface area contributed by atoms with E-state index < -0.39 is 0 Å². The van der Waals surface area contributed by atoms with Crippen molar-refractivity contribution in [3.63, 3.8) is 0 Å². The molecule has 0 bridgehead atoms. The van der Waals surface area contributed by atoms with E-state index in [9.17, 15) is 0 Å². The van der Waals surface area contributed by atoms with Crippen molar-refractivity contribution >= 4 is 27.7 Å². The fraction of sp³-hybridized carbons (Fsp3) is 0.857. The van der Waals surface area contributed by atoms with Gasteiger partial charge in [0.15, 0.2) is 5.82 Å². The average Bonchev–Trinajstić information content (AvgIpc) is 2.64. The molecule has 13 heavy (non-hydrogen) atoms. The molecule has 0 radical (unpaired) electrons. The van der Waals surface area contributed by atoms with Crippen LogP contribution in [-0.4, -0.2) is 36.5 Å². The molecule has 0 saturated carbocycles. The van der Waals surface area contributed by atoms with Crippen molar-refractivity contribution in [1.29, 1.82) is 0 Å². The van der Waals surface area contributed by atoms with Crippen LogP contribution in [-0.2, 0) is 13.5 Å². The lowest BCUT2D eigenvalue weighted by molar-refractivity contribution is 0.586. The lowest BCUT2D eigenvalue weighted by Crippen LogP contribution is -2.15. The average molecular weight is 263 g/mol. The monoisotopic (exact) mass is 262 g/mol. The lowest BCUT2D eigenvalue weighted by Gasteiger charge is -2.08. The van der Waals surface area contributed by atoms with Gasteiger partial charge in [-0.05, 0) is 16.9 Å². The minimum atomic E-state index is 0.612. The van der Waals surface area contributed by atoms with E-state index in [-0.39, 0.29) is 0 Å². The van der Waals surface area contributed by atoms with Crippen LogP contribution in [0.5, 0.6) is 0 Å². The first-order chi connectivity index (χ1) is 6.25. The number of tetrazole rings is 1. The molecule has 2 unspecified atom stereocenters. The molecule has 1 fully saturated rings. The van der Waals surface area contributed by atoms with Crippen LogP contribution in [0.2, 0.25) is 0 Å². The van der Waals surface area contributed by atoms with Gasteiger partial charge in [0, 0.05) is 17.0 Å². The molecule has 6 heteroatoms. The fourth-order valence-electron chi connectivity index (χ4n) is 1.40. The molecule has 2 heterocycles. The van der Waals surface area contributed by atoms with Crippen LogP contribution in [0.15, 0.2) is 0 Å². The smallest absolute Gasteiger partial charge is 0.167 e. The zero-order valence-electron chi connectivity index (χ0n) is 7.35. The van der Waals surface area contributed by atoms with Crippen molar-refractivity contribution in [2.45, 2.75) is 11.2 Å². The van der Waals surface area contributed by atoms with Gasteiger partial charge in [0.1, 0.15) is 0 Å². The Labute approximate surface area is 89.6 Å². The predicted octanol–water partition coefficient (Wildman–Crippen LogP) is 0.879. The highest BCUT2D eigenvalue weighted by atomic mass is 79.9. The Morgan fingerprint density at radius 2 is 2.46 bits per heavy atom. The second kappa shape index (κ2) is 3.96. The summed E-state index contributed by atoms with van der Waals surface area (Å²) >= 11 is 5.65. The number of hydrogen-bond donors (Lipinski definition) is 0. The van der Waals surface area contributed by atoms with Crippen LogP contribution in [0.1, 0.15) is 5.82 Å². The second-order valence-electron chi connectivity index (χ2n) is 3.21. The van der Waals surface area contributed by atoms with Gasteiger partial charge < -0.3 is 0 Å². The Balaban J connectivity index is 1.97. The first-order valence-corrected chi connectivity index (χ1v) is 6.27. The number of rotatable bonds is 2. The summed E-state index contributed by atoms with van der Waals surface area (Å²) in [5.74, 6) is 3.92. The Hall–Kier alpha value is -0.100. The summed E-state index contributed by atoms with van der Waals surface area (Å²) < 4.78 is 0. The molecule has 2 rings (SSSR count). The van der Waals surface area contributed by atoms with Gasteiger partial charge in [-0.1, -0.05) is 15.9 Å². The summed E-state index contributed by atoms with van der Waals surface area (Å²) in [5, 5.41) is 12.0. The van der Waals surface area contributed by atoms with E-state index in [1.807, 2.05) is 11.8 Å². The zero-order valence-corrected chi connectivity index (χ0v) is 9.75. The van der Waals surface area contributed by atoms with Crippen LogP contribution in [0.4, 0.5) is 0 Å². The van der Waals surface area contributed by atoms with Crippen molar-refractivity contribution in [3.8, 4) is 0 Å². The van der Waals surface area contributed by atoms with Gasteiger partial charge in [-0.15, -0.1) is 10.2 Å². The predicted molar refractivity (Wildman–Crippen MR) is 56.0 cm³/mol. The number of aryl methyl sites for hydroxylation is 1. The molecule has 72 valence electrons. The fourth-order valence-corrected chi connectivity index (χ4v) is 3.87. The molecule has 0 aromatic carbocycles. The quantitative estimate of drug-likeness (QED) is 0.743. The molecule has 1 aromatic heterocycles. The largest absolute Gasteiger partial charge is 0.175 e. The van der Waals surface area contributed by atoms with Gasteiger partial charge in [0.2, 0.25) is 0 Å². The maximum Gasteiger partial charge on any atom is 0.175 e. The summed E-state index contributed by atoms with van der Waals surface area (Å²) in [6, 6.07) is 0. The first-order valence-electron chi connectivity index (χ1n) is 4.20. The van der Waals surface area contributed by atoms with E-state index in [1.165, 1.54) is 16.3 Å². The minimum absolute atomic E-state index is 0.612. The van der Waals surface area contributed by atoms with Crippen LogP contribution >= 0.6 is 27.7 Å². The highest BCUT2D eigenvalue weighted by Gasteiger charge is 2.26. The topological polar surface area (TPSA) is 43.6 Å². The van der Waals surface area contributed by atoms with Crippen molar-refractivity contribution < 1.29 is 0 Å². The Kier molecular flexibility index (Phi) is 2.88. The molecule has 1 aliphatic heterocycles. The molecule has 1 saturated heterocycles. The van der Waals surface area contributed by atoms with Gasteiger partial charge in [-0.25, -0.2) is 0 Å². The van der Waals surface area contributed by atoms with Gasteiger partial charge in [0.25, 0.3) is 0 Å². The maximum atomic E-state index is 4.17. The molecule has 2 atom stereocenters. The summed E-state index contributed by atoms with van der Waals surface area (Å²) in [7, 11) is 1.80. The molecular weight excluding hydrogens is 252 g/mol. The van der Waals surface area contributed by atoms with E-state index in [0.717, 1.165) is 12.2 Å². The van der Waals surface area contributed by atoms with Gasteiger partial charge in [-0.3, -0.25) is 0 Å². The molecule has 1 aliphatic rings. The number of thioether (sulfide) groups is 1. The molecule has 1 aromatic rings. The van der Waals surface area contributed by atoms with Crippen molar-refractivity contribution in [2.24, 2.45) is 13.0 Å². The maximum absolute atomic E-state index is 4.17. The van der Waals surface area contributed by atoms with E-state index in [0.29, 0.717) is 10.7 Å². The lowest BCUT2D eigenvalue weighted by atomic mass is 10.1. The van der Waals surface area contributed by atoms with E-state index in [1.54, 1.807) is 7.05 Å². The third-order valence-electron chi connectivity index (χ3n) is 2.12. The minimum Gasteiger partial charge on any atom is -0.167 e. The normalized spacial score (nSPS) is 28.2. The third-order valence-corrected chi connectivity index (χ3v) is 4.87. The number of nitrogens with zero attached hydrogens (tertiary/aromatic N) is 4. The standard InChI is InChI=1S/C7H11BrN4S/c1-12-10-7(9-11-12)2-5-3-13-4-6(5)8/h5-6H,2-4H2,1H3. The molecule has 0 spiro atoms. The van der Waals surface area contributed by atoms with Gasteiger partial charge >= 0.3 is 0 Å². The zero-order chi connectivity index (χ0) is 9.26. The Bertz CT molecular complexity index is 290. The molecule has 4 nitrogen and oxygen atoms in total. The molecule has 0 aliphatic carbocycles. The number of halogens is 1. The van der Waals surface area contributed by atoms with Crippen molar-refractivity contribution in [2.75, 3.05) is 11.5 Å². The summed E-state index contributed by atoms with van der Waals surface area (Å²) in [6.45, 7) is 0. The van der Waals surface area contributed by atoms with E-state index >= 15 is 0 Å². The third kappa shape index (κ3) is 2.22. The highest BCUT2D eigenvalue weighted by Crippen LogP contribution is 2.31. The van der Waals surface area contributed by atoms with Crippen LogP contribution < -0.4 is 0 Å². The van der Waals surface area contributed by atoms with Gasteiger partial charge in [0.05, 0.1) is 7.05 Å². The van der Waals surface area contributed by atoms with Crippen LogP contribution in [0, 0.1) is 5.92 Å². The SMILES string of the molecule is Cn1nnc(CC2CSCC2Br)n1. The first kappa shape index (κ1) is 9.45. The van der Waals surface area contributed by atoms with Crippen molar-refractivity contribution in [1.82, 2.24) is 20.2 Å². The highest BCUT2D eigenvalue weighted by molar-refractivity contribution is 9.09. The van der Waals surface area contributed by atoms with E-state index in [2.05, 4.69) is 31.3 Å². The number of hydrogen-bond acceptors (Lipinski definition) is 4. The van der Waals surface area contributed by atoms with E-state index in [4.69, 9.17) is 0 Å². The Morgan fingerprint density at radius 3 is 3.00 bits per heavy atom. The molecule has 0 N–H and O–H groups in total. The molecule has 0 amide bonds. The number of aromatic nitrogens is 4. The number of alkyl halides is 1. The summed E-state index contributed by atoms with van der Waals surface area (Å²) in [6.07, 6.45) is 0.941. The summed E-state index contributed by atoms with van der Waals surface area (Å²) in [5.41, 5.74) is 0. The van der Waals surface area contributed by atoms with Gasteiger partial charge in [-0.2, -0.15) is 16.6 Å². The molecular formula is C7H11BrN4S. The van der Waals surface area contributed by atoms with Crippen LogP contribution in [0.3, 0.4) is 0 Å². The Morgan fingerprint density at radius 1 is 1.62 bits per heavy atom.